The van der Waals surface area contributed by atoms with Crippen molar-refractivity contribution >= 4 is 98.8 Å². The topological polar surface area (TPSA) is 6.48 Å². The van der Waals surface area contributed by atoms with E-state index in [1.807, 2.05) is 0 Å². The van der Waals surface area contributed by atoms with Gasteiger partial charge in [0.25, 0.3) is 0 Å². The molecule has 0 aliphatic heterocycles. The molecular weight excluding hydrogens is 1130 g/mol. The lowest BCUT2D eigenvalue weighted by Gasteiger charge is -2.31. The zero-order valence-electron chi connectivity index (χ0n) is 53.8. The second-order valence-corrected chi connectivity index (χ2v) is 27.2. The molecular formula is C92H68N2. The van der Waals surface area contributed by atoms with Crippen molar-refractivity contribution in [1.29, 1.82) is 0 Å². The number of hydrogen-bond acceptors (Lipinski definition) is 2. The Kier molecular flexibility index (Phi) is 12.5. The number of nitrogens with zero attached hydrogens (tertiary/aromatic N) is 2. The lowest BCUT2D eigenvalue weighted by molar-refractivity contribution is 0.660. The summed E-state index contributed by atoms with van der Waals surface area (Å²) >= 11 is 0. The Morgan fingerprint density at radius 1 is 0.202 bits per heavy atom. The van der Waals surface area contributed by atoms with E-state index in [-0.39, 0.29) is 10.8 Å². The van der Waals surface area contributed by atoms with Crippen LogP contribution in [0.25, 0.3) is 120 Å². The van der Waals surface area contributed by atoms with Crippen molar-refractivity contribution in [2.75, 3.05) is 9.80 Å². The highest BCUT2D eigenvalue weighted by atomic mass is 15.2. The molecule has 94 heavy (non-hydrogen) atoms. The molecule has 0 saturated heterocycles. The minimum Gasteiger partial charge on any atom is -0.310 e. The molecule has 2 aliphatic carbocycles. The molecule has 16 aromatic rings. The van der Waals surface area contributed by atoms with Crippen LogP contribution in [0.1, 0.15) is 61.1 Å². The first-order valence-corrected chi connectivity index (χ1v) is 33.1. The average molecular weight is 1200 g/mol. The fourth-order valence-corrected chi connectivity index (χ4v) is 16.6. The van der Waals surface area contributed by atoms with Gasteiger partial charge in [0.15, 0.2) is 0 Å². The second kappa shape index (κ2) is 21.1. The monoisotopic (exact) mass is 1200 g/mol. The van der Waals surface area contributed by atoms with Crippen molar-refractivity contribution in [1.82, 2.24) is 0 Å². The number of hydrogen-bond donors (Lipinski definition) is 0. The van der Waals surface area contributed by atoms with Crippen LogP contribution in [-0.2, 0) is 10.8 Å². The van der Waals surface area contributed by atoms with E-state index in [1.165, 1.54) is 154 Å². The molecule has 0 radical (unpaired) electrons. The molecule has 0 aromatic heterocycles. The average Bonchev–Trinajstić information content (AvgIpc) is 1.37. The molecule has 0 heterocycles. The third-order valence-electron chi connectivity index (χ3n) is 21.3. The van der Waals surface area contributed by atoms with Crippen molar-refractivity contribution in [2.45, 2.75) is 52.4 Å². The van der Waals surface area contributed by atoms with E-state index >= 15 is 0 Å². The maximum Gasteiger partial charge on any atom is 0.0540 e. The smallest absolute Gasteiger partial charge is 0.0540 e. The lowest BCUT2D eigenvalue weighted by Crippen LogP contribution is -2.15. The molecule has 0 atom stereocenters. The quantitative estimate of drug-likeness (QED) is 0.133. The molecule has 16 aromatic carbocycles. The number of rotatable bonds is 9. The molecule has 0 fully saturated rings. The van der Waals surface area contributed by atoms with Crippen molar-refractivity contribution in [3.63, 3.8) is 0 Å². The van der Waals surface area contributed by atoms with E-state index in [2.05, 4.69) is 355 Å². The Bertz CT molecular complexity index is 5430. The molecule has 0 spiro atoms. The van der Waals surface area contributed by atoms with Crippen LogP contribution in [0.4, 0.5) is 34.1 Å². The normalized spacial score (nSPS) is 13.4. The fourth-order valence-electron chi connectivity index (χ4n) is 16.6. The molecule has 2 heteroatoms. The molecule has 0 unspecified atom stereocenters. The van der Waals surface area contributed by atoms with E-state index in [0.29, 0.717) is 0 Å². The summed E-state index contributed by atoms with van der Waals surface area (Å²) in [5.74, 6) is 0. The predicted molar refractivity (Wildman–Crippen MR) is 402 cm³/mol. The predicted octanol–water partition coefficient (Wildman–Crippen LogP) is 25.8. The van der Waals surface area contributed by atoms with Crippen LogP contribution in [0.5, 0.6) is 0 Å². The Morgan fingerprint density at radius 2 is 0.489 bits per heavy atom. The molecule has 446 valence electrons. The highest BCUT2D eigenvalue weighted by molar-refractivity contribution is 6.27. The molecule has 0 bridgehead atoms. The maximum atomic E-state index is 2.52. The van der Waals surface area contributed by atoms with Crippen LogP contribution >= 0.6 is 0 Å². The Balaban J connectivity index is 0.788. The van der Waals surface area contributed by atoms with Gasteiger partial charge >= 0.3 is 0 Å². The fraction of sp³-hybridized carbons (Fsp3) is 0.0870. The van der Waals surface area contributed by atoms with E-state index in [9.17, 15) is 0 Å². The summed E-state index contributed by atoms with van der Waals surface area (Å²) in [7, 11) is 0. The van der Waals surface area contributed by atoms with Gasteiger partial charge in [0, 0.05) is 44.7 Å². The molecule has 2 aliphatic rings. The van der Waals surface area contributed by atoms with Gasteiger partial charge in [-0.3, -0.25) is 0 Å². The number of para-hydroxylation sites is 2. The van der Waals surface area contributed by atoms with Gasteiger partial charge in [-0.25, -0.2) is 0 Å². The van der Waals surface area contributed by atoms with E-state index in [1.54, 1.807) is 0 Å². The molecule has 18 rings (SSSR count). The van der Waals surface area contributed by atoms with E-state index < -0.39 is 0 Å². The Labute approximate surface area is 549 Å². The first-order valence-electron chi connectivity index (χ1n) is 33.1. The van der Waals surface area contributed by atoms with Crippen molar-refractivity contribution in [3.8, 4) is 55.6 Å². The van der Waals surface area contributed by atoms with Crippen molar-refractivity contribution in [3.05, 3.63) is 337 Å². The minimum atomic E-state index is -0.139. The third-order valence-corrected chi connectivity index (χ3v) is 21.3. The largest absolute Gasteiger partial charge is 0.310 e. The first-order chi connectivity index (χ1) is 46.0. The summed E-state index contributed by atoms with van der Waals surface area (Å²) in [5, 5.41) is 15.1. The zero-order valence-corrected chi connectivity index (χ0v) is 53.8. The summed E-state index contributed by atoms with van der Waals surface area (Å²) in [6, 6.07) is 114. The standard InChI is InChI=1S/C92H68N2/c1-57-51-59(41-49-87(57)93(63-43-47-75-71-29-9-7-25-67(71)69-27-11-13-31-73(69)81(75)55-63)89-37-21-17-23-65(89)61-39-45-79-77-33-15-19-35-83(77)91(3,4)85(79)53-61)60-42-50-88(58(2)52-60)94(64-44-48-76-72-30-10-8-26-68(72)70-28-12-14-32-74(70)82(76)56-64)90-38-22-18-24-66(90)62-40-46-80-78-34-16-20-36-84(78)92(5,6)86(80)54-62/h7-56H,1-6H3. The van der Waals surface area contributed by atoms with Gasteiger partial charge in [-0.05, 0) is 229 Å². The number of aryl methyl sites for hydroxylation is 2. The Hall–Kier alpha value is -11.3. The highest BCUT2D eigenvalue weighted by Crippen LogP contribution is 2.54. The summed E-state index contributed by atoms with van der Waals surface area (Å²) in [5.41, 5.74) is 26.7. The van der Waals surface area contributed by atoms with Crippen LogP contribution < -0.4 is 9.80 Å². The lowest BCUT2D eigenvalue weighted by atomic mass is 9.81. The van der Waals surface area contributed by atoms with Gasteiger partial charge in [-0.2, -0.15) is 0 Å². The van der Waals surface area contributed by atoms with E-state index in [4.69, 9.17) is 0 Å². The van der Waals surface area contributed by atoms with Gasteiger partial charge in [0.1, 0.15) is 0 Å². The summed E-state index contributed by atoms with van der Waals surface area (Å²) in [4.78, 5) is 5.04. The van der Waals surface area contributed by atoms with E-state index in [0.717, 1.165) is 34.1 Å². The van der Waals surface area contributed by atoms with Crippen molar-refractivity contribution < 1.29 is 0 Å². The highest BCUT2D eigenvalue weighted by Gasteiger charge is 2.37. The first kappa shape index (κ1) is 55.5. The van der Waals surface area contributed by atoms with Gasteiger partial charge in [0.05, 0.1) is 11.4 Å². The second-order valence-electron chi connectivity index (χ2n) is 27.2. The van der Waals surface area contributed by atoms with Crippen LogP contribution in [0.3, 0.4) is 0 Å². The third kappa shape index (κ3) is 8.42. The van der Waals surface area contributed by atoms with Gasteiger partial charge in [-0.15, -0.1) is 0 Å². The molecule has 0 N–H and O–H groups in total. The molecule has 2 nitrogen and oxygen atoms in total. The van der Waals surface area contributed by atoms with Crippen LogP contribution in [0, 0.1) is 13.8 Å². The maximum absolute atomic E-state index is 2.52. The van der Waals surface area contributed by atoms with Gasteiger partial charge < -0.3 is 9.80 Å². The van der Waals surface area contributed by atoms with Crippen molar-refractivity contribution in [2.24, 2.45) is 0 Å². The zero-order chi connectivity index (χ0) is 63.1. The van der Waals surface area contributed by atoms with Crippen LogP contribution in [0.15, 0.2) is 303 Å². The molecule has 0 amide bonds. The number of benzene rings is 16. The summed E-state index contributed by atoms with van der Waals surface area (Å²) in [6.45, 7) is 14.1. The number of anilines is 6. The summed E-state index contributed by atoms with van der Waals surface area (Å²) < 4.78 is 0. The minimum absolute atomic E-state index is 0.139. The van der Waals surface area contributed by atoms with Gasteiger partial charge in [0.2, 0.25) is 0 Å². The van der Waals surface area contributed by atoms with Gasteiger partial charge in [-0.1, -0.05) is 258 Å². The SMILES string of the molecule is Cc1cc(-c2ccc(N(c3ccc4c5ccccc5c5ccccc5c4c3)c3ccccc3-c3ccc4c(c3)C(C)(C)c3ccccc3-4)c(C)c2)ccc1N(c1ccc2c3ccccc3c3ccccc3c2c1)c1ccccc1-c1ccc2c(c1)C(C)(C)c1ccccc1-2. The Morgan fingerprint density at radius 3 is 0.851 bits per heavy atom. The van der Waals surface area contributed by atoms with Crippen LogP contribution in [0.2, 0.25) is 0 Å². The summed E-state index contributed by atoms with van der Waals surface area (Å²) in [6.07, 6.45) is 0. The number of fused-ring (bicyclic) bond motifs is 18. The van der Waals surface area contributed by atoms with Crippen LogP contribution in [-0.4, -0.2) is 0 Å². The molecule has 0 saturated carbocycles.